The van der Waals surface area contributed by atoms with Crippen LogP contribution < -0.4 is 5.73 Å². The van der Waals surface area contributed by atoms with Gasteiger partial charge in [-0.2, -0.15) is 13.2 Å². The third kappa shape index (κ3) is 2.84. The predicted molar refractivity (Wildman–Crippen MR) is 50.5 cm³/mol. The smallest absolute Gasteiger partial charge is 0.394 e. The fourth-order valence-corrected chi connectivity index (χ4v) is 1.36. The van der Waals surface area contributed by atoms with E-state index in [1.807, 2.05) is 0 Å². The molecule has 0 radical (unpaired) electrons. The van der Waals surface area contributed by atoms with Crippen LogP contribution in [-0.4, -0.2) is 11.7 Å². The van der Waals surface area contributed by atoms with Gasteiger partial charge in [-0.25, -0.2) is 0 Å². The first-order valence-corrected chi connectivity index (χ1v) is 4.47. The van der Waals surface area contributed by atoms with Gasteiger partial charge in [0.25, 0.3) is 0 Å². The molecule has 1 aromatic carbocycles. The molecule has 2 nitrogen and oxygen atoms in total. The molecule has 0 aliphatic carbocycles. The van der Waals surface area contributed by atoms with Crippen molar-refractivity contribution in [1.29, 1.82) is 0 Å². The Labute approximate surface area is 89.5 Å². The number of hydrogen-bond donors (Lipinski definition) is 2. The topological polar surface area (TPSA) is 46.2 Å². The van der Waals surface area contributed by atoms with E-state index in [1.165, 1.54) is 0 Å². The van der Waals surface area contributed by atoms with Gasteiger partial charge in [0.05, 0.1) is 18.2 Å². The first kappa shape index (κ1) is 12.3. The van der Waals surface area contributed by atoms with Gasteiger partial charge in [0.2, 0.25) is 0 Å². The Balaban J connectivity index is 3.17. The first-order chi connectivity index (χ1) is 6.86. The minimum Gasteiger partial charge on any atom is -0.394 e. The minimum atomic E-state index is -4.44. The molecule has 0 saturated carbocycles. The second kappa shape index (κ2) is 4.38. The lowest BCUT2D eigenvalue weighted by atomic mass is 10.0. The number of alkyl halides is 3. The van der Waals surface area contributed by atoms with Crippen molar-refractivity contribution in [2.24, 2.45) is 5.73 Å². The molecule has 0 saturated heterocycles. The van der Waals surface area contributed by atoms with Gasteiger partial charge in [0.1, 0.15) is 0 Å². The van der Waals surface area contributed by atoms with Crippen LogP contribution >= 0.6 is 11.6 Å². The average molecular weight is 240 g/mol. The summed E-state index contributed by atoms with van der Waals surface area (Å²) in [5.74, 6) is 0. The number of aliphatic hydroxyl groups excluding tert-OH is 1. The first-order valence-electron chi connectivity index (χ1n) is 4.09. The van der Waals surface area contributed by atoms with Gasteiger partial charge in [0, 0.05) is 5.02 Å². The summed E-state index contributed by atoms with van der Waals surface area (Å²) >= 11 is 5.66. The lowest BCUT2D eigenvalue weighted by molar-refractivity contribution is -0.137. The summed E-state index contributed by atoms with van der Waals surface area (Å²) in [5.41, 5.74) is 4.67. The van der Waals surface area contributed by atoms with Crippen LogP contribution in [-0.2, 0) is 6.18 Å². The summed E-state index contributed by atoms with van der Waals surface area (Å²) in [5, 5.41) is 8.86. The summed E-state index contributed by atoms with van der Waals surface area (Å²) in [7, 11) is 0. The van der Waals surface area contributed by atoms with Gasteiger partial charge < -0.3 is 10.8 Å². The Morgan fingerprint density at radius 3 is 2.47 bits per heavy atom. The fourth-order valence-electron chi connectivity index (χ4n) is 1.10. The van der Waals surface area contributed by atoms with E-state index in [9.17, 15) is 13.2 Å². The molecule has 0 fully saturated rings. The van der Waals surface area contributed by atoms with Crippen LogP contribution in [0.1, 0.15) is 17.2 Å². The van der Waals surface area contributed by atoms with E-state index in [2.05, 4.69) is 0 Å². The van der Waals surface area contributed by atoms with Gasteiger partial charge in [-0.05, 0) is 23.8 Å². The van der Waals surface area contributed by atoms with Crippen LogP contribution in [0.2, 0.25) is 5.02 Å². The second-order valence-electron chi connectivity index (χ2n) is 3.02. The number of nitrogens with two attached hydrogens (primary N) is 1. The van der Waals surface area contributed by atoms with Crippen molar-refractivity contribution in [2.45, 2.75) is 12.2 Å². The maximum absolute atomic E-state index is 12.3. The summed E-state index contributed by atoms with van der Waals surface area (Å²) in [6, 6.07) is 1.94. The largest absolute Gasteiger partial charge is 0.416 e. The minimum absolute atomic E-state index is 0.0917. The standard InChI is InChI=1S/C9H9ClF3NO/c10-7-2-1-5(9(11,12)13)3-6(7)8(14)4-15/h1-3,8,15H,4,14H2. The molecule has 1 unspecified atom stereocenters. The Morgan fingerprint density at radius 1 is 1.40 bits per heavy atom. The number of rotatable bonds is 2. The zero-order valence-corrected chi connectivity index (χ0v) is 8.31. The van der Waals surface area contributed by atoms with Crippen molar-refractivity contribution in [3.8, 4) is 0 Å². The molecule has 1 rings (SSSR count). The number of halogens is 4. The Morgan fingerprint density at radius 2 is 2.00 bits per heavy atom. The molecular formula is C9H9ClF3NO. The van der Waals surface area contributed by atoms with Gasteiger partial charge in [-0.1, -0.05) is 11.6 Å². The Kier molecular flexibility index (Phi) is 3.59. The summed E-state index contributed by atoms with van der Waals surface area (Å²) in [4.78, 5) is 0. The quantitative estimate of drug-likeness (QED) is 0.832. The zero-order valence-electron chi connectivity index (χ0n) is 7.55. The molecule has 84 valence electrons. The third-order valence-corrected chi connectivity index (χ3v) is 2.26. The number of aliphatic hydroxyl groups is 1. The maximum atomic E-state index is 12.3. The van der Waals surface area contributed by atoms with E-state index >= 15 is 0 Å². The molecule has 3 N–H and O–H groups in total. The summed E-state index contributed by atoms with van der Waals surface area (Å²) in [6.45, 7) is -0.457. The SMILES string of the molecule is NC(CO)c1cc(C(F)(F)F)ccc1Cl. The molecule has 0 aliphatic rings. The fraction of sp³-hybridized carbons (Fsp3) is 0.333. The predicted octanol–water partition coefficient (Wildman–Crippen LogP) is 2.35. The molecule has 1 aromatic rings. The van der Waals surface area contributed by atoms with Crippen molar-refractivity contribution >= 4 is 11.6 Å². The Hall–Kier alpha value is -0.780. The third-order valence-electron chi connectivity index (χ3n) is 1.92. The van der Waals surface area contributed by atoms with Gasteiger partial charge >= 0.3 is 6.18 Å². The van der Waals surface area contributed by atoms with Crippen molar-refractivity contribution < 1.29 is 18.3 Å². The lowest BCUT2D eigenvalue weighted by Crippen LogP contribution is -2.16. The monoisotopic (exact) mass is 239 g/mol. The van der Waals surface area contributed by atoms with Crippen LogP contribution in [0.4, 0.5) is 13.2 Å². The van der Waals surface area contributed by atoms with Crippen molar-refractivity contribution in [3.63, 3.8) is 0 Å². The van der Waals surface area contributed by atoms with Crippen LogP contribution in [0.25, 0.3) is 0 Å². The highest BCUT2D eigenvalue weighted by molar-refractivity contribution is 6.31. The van der Waals surface area contributed by atoms with Crippen LogP contribution in [0.3, 0.4) is 0 Å². The van der Waals surface area contributed by atoms with Gasteiger partial charge in [0.15, 0.2) is 0 Å². The highest BCUT2D eigenvalue weighted by Gasteiger charge is 2.31. The van der Waals surface area contributed by atoms with Crippen molar-refractivity contribution in [3.05, 3.63) is 34.3 Å². The average Bonchev–Trinajstić information content (AvgIpc) is 2.15. The van der Waals surface area contributed by atoms with Crippen molar-refractivity contribution in [2.75, 3.05) is 6.61 Å². The molecule has 0 spiro atoms. The molecule has 15 heavy (non-hydrogen) atoms. The molecule has 0 aromatic heterocycles. The molecular weight excluding hydrogens is 231 g/mol. The van der Waals surface area contributed by atoms with E-state index in [4.69, 9.17) is 22.4 Å². The van der Waals surface area contributed by atoms with Crippen LogP contribution in [0, 0.1) is 0 Å². The normalized spacial score (nSPS) is 14.0. The van der Waals surface area contributed by atoms with E-state index in [0.29, 0.717) is 0 Å². The molecule has 1 atom stereocenters. The molecule has 0 bridgehead atoms. The molecule has 0 heterocycles. The van der Waals surface area contributed by atoms with E-state index in [0.717, 1.165) is 18.2 Å². The zero-order chi connectivity index (χ0) is 11.6. The number of hydrogen-bond acceptors (Lipinski definition) is 2. The van der Waals surface area contributed by atoms with Gasteiger partial charge in [-0.3, -0.25) is 0 Å². The summed E-state index contributed by atoms with van der Waals surface area (Å²) < 4.78 is 37.0. The van der Waals surface area contributed by atoms with E-state index in [-0.39, 0.29) is 10.6 Å². The van der Waals surface area contributed by atoms with Crippen LogP contribution in [0.5, 0.6) is 0 Å². The van der Waals surface area contributed by atoms with Crippen LogP contribution in [0.15, 0.2) is 18.2 Å². The van der Waals surface area contributed by atoms with Crippen molar-refractivity contribution in [1.82, 2.24) is 0 Å². The van der Waals surface area contributed by atoms with Gasteiger partial charge in [-0.15, -0.1) is 0 Å². The highest BCUT2D eigenvalue weighted by Crippen LogP contribution is 2.33. The van der Waals surface area contributed by atoms with E-state index in [1.54, 1.807) is 0 Å². The molecule has 0 amide bonds. The number of benzene rings is 1. The lowest BCUT2D eigenvalue weighted by Gasteiger charge is -2.14. The van der Waals surface area contributed by atoms with E-state index < -0.39 is 24.4 Å². The summed E-state index contributed by atoms with van der Waals surface area (Å²) in [6.07, 6.45) is -4.44. The molecule has 0 aliphatic heterocycles. The molecule has 6 heteroatoms. The maximum Gasteiger partial charge on any atom is 0.416 e. The highest BCUT2D eigenvalue weighted by atomic mass is 35.5. The second-order valence-corrected chi connectivity index (χ2v) is 3.43. The Bertz CT molecular complexity index is 354.